The Morgan fingerprint density at radius 3 is 2.83 bits per heavy atom. The van der Waals surface area contributed by atoms with Crippen LogP contribution in [0.4, 0.5) is 0 Å². The molecule has 4 nitrogen and oxygen atoms in total. The Labute approximate surface area is 112 Å². The summed E-state index contributed by atoms with van der Waals surface area (Å²) >= 11 is 1.95. The second-order valence-electron chi connectivity index (χ2n) is 5.53. The fraction of sp³-hybridized carbons (Fsp3) is 0.846. The molecule has 2 aliphatic rings. The first kappa shape index (κ1) is 12.5. The van der Waals surface area contributed by atoms with E-state index in [1.54, 1.807) is 0 Å². The molecule has 1 aromatic heterocycles. The van der Waals surface area contributed by atoms with Crippen LogP contribution in [0.2, 0.25) is 0 Å². The van der Waals surface area contributed by atoms with Crippen molar-refractivity contribution in [2.75, 3.05) is 18.1 Å². The van der Waals surface area contributed by atoms with Gasteiger partial charge in [0.25, 0.3) is 0 Å². The van der Waals surface area contributed by atoms with Gasteiger partial charge >= 0.3 is 0 Å². The van der Waals surface area contributed by atoms with Gasteiger partial charge in [0.1, 0.15) is 0 Å². The highest BCUT2D eigenvalue weighted by Gasteiger charge is 2.26. The maximum Gasteiger partial charge on any atom is 0.244 e. The number of nitrogens with one attached hydrogen (secondary N) is 1. The number of aromatic nitrogens is 2. The van der Waals surface area contributed by atoms with Crippen LogP contribution in [0, 0.1) is 5.92 Å². The number of rotatable bonds is 2. The van der Waals surface area contributed by atoms with E-state index in [9.17, 15) is 0 Å². The molecule has 1 aromatic rings. The molecule has 0 aromatic carbocycles. The molecule has 2 fully saturated rings. The van der Waals surface area contributed by atoms with Crippen molar-refractivity contribution in [1.29, 1.82) is 0 Å². The molecule has 0 amide bonds. The predicted molar refractivity (Wildman–Crippen MR) is 72.7 cm³/mol. The van der Waals surface area contributed by atoms with Crippen molar-refractivity contribution >= 4 is 11.8 Å². The quantitative estimate of drug-likeness (QED) is 0.893. The lowest BCUT2D eigenvalue weighted by molar-refractivity contribution is 0.315. The highest BCUT2D eigenvalue weighted by atomic mass is 32.2. The van der Waals surface area contributed by atoms with Crippen LogP contribution in [0.15, 0.2) is 4.52 Å². The molecule has 1 N–H and O–H groups in total. The normalized spacial score (nSPS) is 33.5. The van der Waals surface area contributed by atoms with Crippen LogP contribution in [-0.2, 0) is 0 Å². The lowest BCUT2D eigenvalue weighted by Crippen LogP contribution is -2.30. The largest absolute Gasteiger partial charge is 0.338 e. The van der Waals surface area contributed by atoms with Crippen molar-refractivity contribution in [1.82, 2.24) is 15.5 Å². The van der Waals surface area contributed by atoms with Crippen LogP contribution >= 0.6 is 11.8 Å². The summed E-state index contributed by atoms with van der Waals surface area (Å²) in [6.07, 6.45) is 5.03. The van der Waals surface area contributed by atoms with Gasteiger partial charge in [-0.25, -0.2) is 0 Å². The lowest BCUT2D eigenvalue weighted by Gasteiger charge is -2.23. The van der Waals surface area contributed by atoms with Crippen molar-refractivity contribution in [2.45, 2.75) is 44.6 Å². The van der Waals surface area contributed by atoms with Gasteiger partial charge in [-0.2, -0.15) is 16.7 Å². The van der Waals surface area contributed by atoms with E-state index in [0.717, 1.165) is 29.9 Å². The zero-order valence-corrected chi connectivity index (χ0v) is 11.7. The maximum atomic E-state index is 5.45. The third kappa shape index (κ3) is 2.72. The van der Waals surface area contributed by atoms with Crippen LogP contribution in [-0.4, -0.2) is 28.2 Å². The number of hydrogen-bond acceptors (Lipinski definition) is 5. The average molecular weight is 267 g/mol. The zero-order chi connectivity index (χ0) is 12.4. The summed E-state index contributed by atoms with van der Waals surface area (Å²) in [6.45, 7) is 3.37. The van der Waals surface area contributed by atoms with E-state index in [1.807, 2.05) is 11.8 Å². The SMILES string of the molecule is CC1CCC(c2noc(C3CSCCN3)n2)CC1. The van der Waals surface area contributed by atoms with E-state index in [4.69, 9.17) is 4.52 Å². The Morgan fingerprint density at radius 2 is 2.11 bits per heavy atom. The minimum absolute atomic E-state index is 0.257. The molecule has 1 saturated heterocycles. The molecule has 0 radical (unpaired) electrons. The number of nitrogens with zero attached hydrogens (tertiary/aromatic N) is 2. The molecule has 1 unspecified atom stereocenters. The van der Waals surface area contributed by atoms with Crippen LogP contribution in [0.5, 0.6) is 0 Å². The van der Waals surface area contributed by atoms with Gasteiger partial charge in [0.15, 0.2) is 5.82 Å². The van der Waals surface area contributed by atoms with E-state index in [0.29, 0.717) is 5.92 Å². The predicted octanol–water partition coefficient (Wildman–Crippen LogP) is 2.74. The summed E-state index contributed by atoms with van der Waals surface area (Å²) in [6, 6.07) is 0.257. The minimum Gasteiger partial charge on any atom is -0.338 e. The highest BCUT2D eigenvalue weighted by molar-refractivity contribution is 7.99. The van der Waals surface area contributed by atoms with E-state index in [1.165, 1.54) is 31.4 Å². The van der Waals surface area contributed by atoms with Crippen LogP contribution in [0.3, 0.4) is 0 Å². The first-order valence-corrected chi connectivity index (χ1v) is 8.13. The maximum absolute atomic E-state index is 5.45. The zero-order valence-electron chi connectivity index (χ0n) is 10.9. The Kier molecular flexibility index (Phi) is 3.89. The molecule has 0 bridgehead atoms. The third-order valence-electron chi connectivity index (χ3n) is 4.06. The van der Waals surface area contributed by atoms with E-state index >= 15 is 0 Å². The van der Waals surface area contributed by atoms with Gasteiger partial charge in [0.2, 0.25) is 5.89 Å². The molecule has 3 rings (SSSR count). The molecule has 1 aliphatic heterocycles. The third-order valence-corrected chi connectivity index (χ3v) is 5.12. The fourth-order valence-electron chi connectivity index (χ4n) is 2.80. The van der Waals surface area contributed by atoms with E-state index in [2.05, 4.69) is 22.4 Å². The molecule has 0 spiro atoms. The van der Waals surface area contributed by atoms with Crippen molar-refractivity contribution in [3.8, 4) is 0 Å². The van der Waals surface area contributed by atoms with Gasteiger partial charge in [-0.05, 0) is 18.8 Å². The van der Waals surface area contributed by atoms with Gasteiger partial charge in [-0.15, -0.1) is 0 Å². The second kappa shape index (κ2) is 5.61. The molecule has 1 aliphatic carbocycles. The van der Waals surface area contributed by atoms with Gasteiger partial charge in [-0.1, -0.05) is 24.9 Å². The van der Waals surface area contributed by atoms with E-state index < -0.39 is 0 Å². The second-order valence-corrected chi connectivity index (χ2v) is 6.68. The van der Waals surface area contributed by atoms with Gasteiger partial charge in [0, 0.05) is 24.0 Å². The average Bonchev–Trinajstić information content (AvgIpc) is 2.90. The van der Waals surface area contributed by atoms with Crippen LogP contribution in [0.1, 0.15) is 56.3 Å². The van der Waals surface area contributed by atoms with Gasteiger partial charge < -0.3 is 9.84 Å². The summed E-state index contributed by atoms with van der Waals surface area (Å²) < 4.78 is 5.45. The first-order valence-electron chi connectivity index (χ1n) is 6.97. The summed E-state index contributed by atoms with van der Waals surface area (Å²) in [5, 5.41) is 7.65. The Hall–Kier alpha value is -0.550. The van der Waals surface area contributed by atoms with Crippen molar-refractivity contribution in [3.05, 3.63) is 11.7 Å². The summed E-state index contributed by atoms with van der Waals surface area (Å²) in [4.78, 5) is 4.63. The smallest absolute Gasteiger partial charge is 0.244 e. The van der Waals surface area contributed by atoms with Crippen molar-refractivity contribution in [3.63, 3.8) is 0 Å². The summed E-state index contributed by atoms with van der Waals surface area (Å²) in [5.41, 5.74) is 0. The molecule has 100 valence electrons. The summed E-state index contributed by atoms with van der Waals surface area (Å²) in [7, 11) is 0. The van der Waals surface area contributed by atoms with E-state index in [-0.39, 0.29) is 6.04 Å². The molecule has 2 heterocycles. The van der Waals surface area contributed by atoms with Crippen molar-refractivity contribution < 1.29 is 4.52 Å². The Bertz CT molecular complexity index is 381. The summed E-state index contributed by atoms with van der Waals surface area (Å²) in [5.74, 6) is 5.34. The molecular weight excluding hydrogens is 246 g/mol. The van der Waals surface area contributed by atoms with Crippen LogP contribution < -0.4 is 5.32 Å². The number of thioether (sulfide) groups is 1. The Morgan fingerprint density at radius 1 is 1.28 bits per heavy atom. The molecule has 1 saturated carbocycles. The standard InChI is InChI=1S/C13H21N3OS/c1-9-2-4-10(5-3-9)12-15-13(17-16-12)11-8-18-7-6-14-11/h9-11,14H,2-8H2,1H3. The van der Waals surface area contributed by atoms with Crippen molar-refractivity contribution in [2.24, 2.45) is 5.92 Å². The van der Waals surface area contributed by atoms with Gasteiger partial charge in [0.05, 0.1) is 6.04 Å². The minimum atomic E-state index is 0.257. The monoisotopic (exact) mass is 267 g/mol. The molecule has 5 heteroatoms. The first-order chi connectivity index (χ1) is 8.83. The molecule has 18 heavy (non-hydrogen) atoms. The number of hydrogen-bond donors (Lipinski definition) is 1. The Balaban J connectivity index is 1.65. The fourth-order valence-corrected chi connectivity index (χ4v) is 3.72. The van der Waals surface area contributed by atoms with Crippen LogP contribution in [0.25, 0.3) is 0 Å². The van der Waals surface area contributed by atoms with Gasteiger partial charge in [-0.3, -0.25) is 0 Å². The molecular formula is C13H21N3OS. The molecule has 1 atom stereocenters. The highest BCUT2D eigenvalue weighted by Crippen LogP contribution is 2.34. The lowest BCUT2D eigenvalue weighted by atomic mass is 9.83. The topological polar surface area (TPSA) is 51.0 Å².